The summed E-state index contributed by atoms with van der Waals surface area (Å²) in [5, 5.41) is 0.0604. The summed E-state index contributed by atoms with van der Waals surface area (Å²) < 4.78 is 39.7. The topological polar surface area (TPSA) is 99.4 Å². The number of aryl methyl sites for hydroxylation is 2. The molecule has 0 spiro atoms. The van der Waals surface area contributed by atoms with Gasteiger partial charge in [0.15, 0.2) is 5.03 Å². The van der Waals surface area contributed by atoms with E-state index in [1.54, 1.807) is 18.5 Å². The number of piperidine rings is 1. The Bertz CT molecular complexity index is 832. The lowest BCUT2D eigenvalue weighted by Crippen LogP contribution is -2.44. The van der Waals surface area contributed by atoms with Gasteiger partial charge in [0.05, 0.1) is 13.7 Å². The number of hydrogen-bond acceptors (Lipinski definition) is 7. The Morgan fingerprint density at radius 3 is 2.60 bits per heavy atom. The van der Waals surface area contributed by atoms with Crippen LogP contribution in [0.5, 0.6) is 11.8 Å². The number of imidazole rings is 1. The number of rotatable bonds is 5. The van der Waals surface area contributed by atoms with Crippen molar-refractivity contribution in [1.29, 1.82) is 0 Å². The molecule has 1 unspecified atom stereocenters. The van der Waals surface area contributed by atoms with Gasteiger partial charge >= 0.3 is 0 Å². The molecular weight excluding hydrogens is 346 g/mol. The number of methoxy groups -OCH3 is 1. The summed E-state index contributed by atoms with van der Waals surface area (Å²) in [7, 11) is -0.399. The zero-order valence-corrected chi connectivity index (χ0v) is 15.2. The highest BCUT2D eigenvalue weighted by atomic mass is 32.2. The molecule has 0 bridgehead atoms. The first-order valence-corrected chi connectivity index (χ1v) is 9.37. The highest BCUT2D eigenvalue weighted by Gasteiger charge is 2.33. The van der Waals surface area contributed by atoms with Crippen molar-refractivity contribution in [2.75, 3.05) is 20.2 Å². The Hall–Kier alpha value is -2.20. The first-order chi connectivity index (χ1) is 11.9. The van der Waals surface area contributed by atoms with E-state index in [9.17, 15) is 8.42 Å². The molecule has 0 N–H and O–H groups in total. The number of ether oxygens (including phenoxy) is 2. The van der Waals surface area contributed by atoms with E-state index in [0.717, 1.165) is 6.42 Å². The SMILES string of the molecule is COc1nccnc1OC1CCCN(S(=O)(=O)c2cn(C)c(C)n2)C1. The molecule has 1 saturated heterocycles. The van der Waals surface area contributed by atoms with Gasteiger partial charge in [0.2, 0.25) is 0 Å². The van der Waals surface area contributed by atoms with Crippen molar-refractivity contribution in [2.45, 2.75) is 30.9 Å². The summed E-state index contributed by atoms with van der Waals surface area (Å²) >= 11 is 0. The lowest BCUT2D eigenvalue weighted by atomic mass is 10.1. The molecule has 1 aliphatic heterocycles. The number of aromatic nitrogens is 4. The molecule has 136 valence electrons. The average molecular weight is 367 g/mol. The van der Waals surface area contributed by atoms with Crippen molar-refractivity contribution >= 4 is 10.0 Å². The zero-order valence-electron chi connectivity index (χ0n) is 14.4. The Kier molecular flexibility index (Phi) is 4.91. The number of sulfonamides is 1. The van der Waals surface area contributed by atoms with Crippen molar-refractivity contribution in [1.82, 2.24) is 23.8 Å². The molecule has 10 heteroatoms. The van der Waals surface area contributed by atoms with E-state index in [1.807, 2.05) is 0 Å². The fourth-order valence-electron chi connectivity index (χ4n) is 2.69. The minimum Gasteiger partial charge on any atom is -0.477 e. The molecule has 1 fully saturated rings. The fraction of sp³-hybridized carbons (Fsp3) is 0.533. The van der Waals surface area contributed by atoms with Gasteiger partial charge in [0, 0.05) is 32.2 Å². The van der Waals surface area contributed by atoms with Crippen LogP contribution in [0.25, 0.3) is 0 Å². The third-order valence-corrected chi connectivity index (χ3v) is 5.87. The zero-order chi connectivity index (χ0) is 18.0. The molecule has 1 aliphatic rings. The predicted octanol–water partition coefficient (Wildman–Crippen LogP) is 0.759. The fourth-order valence-corrected chi connectivity index (χ4v) is 4.23. The van der Waals surface area contributed by atoms with E-state index < -0.39 is 10.0 Å². The van der Waals surface area contributed by atoms with Crippen LogP contribution in [0.15, 0.2) is 23.6 Å². The quantitative estimate of drug-likeness (QED) is 0.769. The largest absolute Gasteiger partial charge is 0.477 e. The van der Waals surface area contributed by atoms with Gasteiger partial charge in [0.1, 0.15) is 11.9 Å². The summed E-state index contributed by atoms with van der Waals surface area (Å²) in [6, 6.07) is 0. The van der Waals surface area contributed by atoms with Gasteiger partial charge < -0.3 is 14.0 Å². The van der Waals surface area contributed by atoms with Crippen molar-refractivity contribution in [3.8, 4) is 11.8 Å². The molecule has 1 atom stereocenters. The van der Waals surface area contributed by atoms with E-state index in [0.29, 0.717) is 18.8 Å². The Morgan fingerprint density at radius 1 is 1.24 bits per heavy atom. The third kappa shape index (κ3) is 3.59. The molecule has 9 nitrogen and oxygen atoms in total. The molecule has 25 heavy (non-hydrogen) atoms. The van der Waals surface area contributed by atoms with Gasteiger partial charge in [0.25, 0.3) is 21.8 Å². The number of hydrogen-bond donors (Lipinski definition) is 0. The maximum atomic E-state index is 12.8. The Balaban J connectivity index is 1.76. The molecule has 3 rings (SSSR count). The monoisotopic (exact) mass is 367 g/mol. The Labute approximate surface area is 146 Å². The second kappa shape index (κ2) is 6.96. The highest BCUT2D eigenvalue weighted by molar-refractivity contribution is 7.89. The Morgan fingerprint density at radius 2 is 1.96 bits per heavy atom. The van der Waals surface area contributed by atoms with E-state index in [2.05, 4.69) is 15.0 Å². The molecule has 0 radical (unpaired) electrons. The normalized spacial score (nSPS) is 18.9. The summed E-state index contributed by atoms with van der Waals surface area (Å²) in [4.78, 5) is 12.3. The molecule has 3 heterocycles. The first-order valence-electron chi connectivity index (χ1n) is 7.93. The van der Waals surface area contributed by atoms with E-state index >= 15 is 0 Å². The lowest BCUT2D eigenvalue weighted by molar-refractivity contribution is 0.119. The summed E-state index contributed by atoms with van der Waals surface area (Å²) in [6.07, 6.45) is 5.64. The molecular formula is C15H21N5O4S. The van der Waals surface area contributed by atoms with Gasteiger partial charge in [-0.1, -0.05) is 0 Å². The second-order valence-corrected chi connectivity index (χ2v) is 7.74. The summed E-state index contributed by atoms with van der Waals surface area (Å²) in [5.41, 5.74) is 0. The van der Waals surface area contributed by atoms with E-state index in [-0.39, 0.29) is 29.4 Å². The molecule has 2 aromatic heterocycles. The molecule has 2 aromatic rings. The maximum absolute atomic E-state index is 12.8. The summed E-state index contributed by atoms with van der Waals surface area (Å²) in [6.45, 7) is 2.44. The van der Waals surface area contributed by atoms with Crippen LogP contribution in [0.2, 0.25) is 0 Å². The van der Waals surface area contributed by atoms with Gasteiger partial charge in [-0.15, -0.1) is 0 Å². The van der Waals surface area contributed by atoms with Crippen LogP contribution in [0.4, 0.5) is 0 Å². The van der Waals surface area contributed by atoms with Gasteiger partial charge in [-0.3, -0.25) is 0 Å². The van der Waals surface area contributed by atoms with Crippen molar-refractivity contribution in [3.05, 3.63) is 24.4 Å². The van der Waals surface area contributed by atoms with Crippen LogP contribution in [0.1, 0.15) is 18.7 Å². The van der Waals surface area contributed by atoms with Gasteiger partial charge in [-0.2, -0.15) is 4.31 Å². The standard InChI is InChI=1S/C15H21N5O4S/c1-11-18-13(10-19(11)2)25(21,22)20-8-4-5-12(9-20)24-15-14(23-3)16-6-7-17-15/h6-7,10,12H,4-5,8-9H2,1-3H3. The van der Waals surface area contributed by atoms with Crippen LogP contribution in [0.3, 0.4) is 0 Å². The summed E-state index contributed by atoms with van der Waals surface area (Å²) in [5.74, 6) is 1.19. The van der Waals surface area contributed by atoms with Crippen molar-refractivity contribution < 1.29 is 17.9 Å². The highest BCUT2D eigenvalue weighted by Crippen LogP contribution is 2.26. The van der Waals surface area contributed by atoms with Crippen LogP contribution in [-0.4, -0.2) is 58.5 Å². The van der Waals surface area contributed by atoms with Crippen molar-refractivity contribution in [2.24, 2.45) is 7.05 Å². The van der Waals surface area contributed by atoms with E-state index in [4.69, 9.17) is 9.47 Å². The van der Waals surface area contributed by atoms with Crippen molar-refractivity contribution in [3.63, 3.8) is 0 Å². The number of nitrogens with zero attached hydrogens (tertiary/aromatic N) is 5. The van der Waals surface area contributed by atoms with Gasteiger partial charge in [-0.25, -0.2) is 23.4 Å². The third-order valence-electron chi connectivity index (χ3n) is 4.14. The average Bonchev–Trinajstić information content (AvgIpc) is 2.95. The molecule has 0 aromatic carbocycles. The minimum absolute atomic E-state index is 0.0604. The first kappa shape index (κ1) is 17.6. The smallest absolute Gasteiger partial charge is 0.278 e. The molecule has 0 aliphatic carbocycles. The van der Waals surface area contributed by atoms with Crippen LogP contribution < -0.4 is 9.47 Å². The van der Waals surface area contributed by atoms with Gasteiger partial charge in [-0.05, 0) is 19.8 Å². The van der Waals surface area contributed by atoms with Crippen LogP contribution >= 0.6 is 0 Å². The maximum Gasteiger partial charge on any atom is 0.278 e. The van der Waals surface area contributed by atoms with Crippen LogP contribution in [-0.2, 0) is 17.1 Å². The van der Waals surface area contributed by atoms with E-state index in [1.165, 1.54) is 30.0 Å². The minimum atomic E-state index is -3.65. The lowest BCUT2D eigenvalue weighted by Gasteiger charge is -2.31. The van der Waals surface area contributed by atoms with Crippen LogP contribution in [0, 0.1) is 6.92 Å². The predicted molar refractivity (Wildman–Crippen MR) is 88.9 cm³/mol. The molecule has 0 saturated carbocycles. The second-order valence-electron chi connectivity index (χ2n) is 5.85. The molecule has 0 amide bonds.